The fraction of sp³-hybridized carbons (Fsp3) is 1.00. The molecule has 0 aromatic rings. The van der Waals surface area contributed by atoms with Crippen LogP contribution in [0.2, 0.25) is 0 Å². The Hall–Kier alpha value is 0.230. The van der Waals surface area contributed by atoms with Crippen LogP contribution < -0.4 is 0 Å². The Morgan fingerprint density at radius 2 is 2.09 bits per heavy atom. The molecule has 3 nitrogen and oxygen atoms in total. The van der Waals surface area contributed by atoms with Gasteiger partial charge in [-0.05, 0) is 7.05 Å². The average molecular weight is 179 g/mol. The number of hydrogen-bond acceptors (Lipinski definition) is 4. The van der Waals surface area contributed by atoms with Crippen LogP contribution in [0.1, 0.15) is 0 Å². The molecule has 0 heterocycles. The molecule has 0 bridgehead atoms. The summed E-state index contributed by atoms with van der Waals surface area (Å²) in [5.74, 6) is 0.768. The van der Waals surface area contributed by atoms with Crippen molar-refractivity contribution in [1.29, 1.82) is 0 Å². The second-order valence-electron chi connectivity index (χ2n) is 2.36. The van der Waals surface area contributed by atoms with Crippen LogP contribution in [-0.4, -0.2) is 55.7 Å². The summed E-state index contributed by atoms with van der Waals surface area (Å²) < 4.78 is 5.20. The number of aliphatic hydroxyl groups is 1. The van der Waals surface area contributed by atoms with E-state index in [0.29, 0.717) is 13.2 Å². The summed E-state index contributed by atoms with van der Waals surface area (Å²) in [5.41, 5.74) is 0. The van der Waals surface area contributed by atoms with Crippen molar-refractivity contribution in [1.82, 2.24) is 4.90 Å². The quantitative estimate of drug-likeness (QED) is 0.421. The summed E-state index contributed by atoms with van der Waals surface area (Å²) in [5, 5.41) is 8.54. The number of ether oxygens (including phenoxy) is 1. The van der Waals surface area contributed by atoms with Crippen LogP contribution in [0, 0.1) is 0 Å². The Morgan fingerprint density at radius 1 is 1.36 bits per heavy atom. The highest BCUT2D eigenvalue weighted by atomic mass is 32.1. The third-order valence-corrected chi connectivity index (χ3v) is 1.52. The summed E-state index contributed by atoms with van der Waals surface area (Å²) in [6, 6.07) is 0. The van der Waals surface area contributed by atoms with Crippen molar-refractivity contribution in [3.8, 4) is 0 Å². The van der Waals surface area contributed by atoms with Gasteiger partial charge in [-0.15, -0.1) is 0 Å². The average Bonchev–Trinajstić information content (AvgIpc) is 1.99. The summed E-state index contributed by atoms with van der Waals surface area (Å²) in [4.78, 5) is 2.03. The largest absolute Gasteiger partial charge is 0.395 e. The van der Waals surface area contributed by atoms with E-state index in [1.807, 2.05) is 11.9 Å². The van der Waals surface area contributed by atoms with Crippen molar-refractivity contribution >= 4 is 12.6 Å². The molecule has 0 rings (SSSR count). The highest BCUT2D eigenvalue weighted by molar-refractivity contribution is 7.80. The Bertz CT molecular complexity index is 82.8. The van der Waals surface area contributed by atoms with Crippen molar-refractivity contribution in [3.05, 3.63) is 0 Å². The van der Waals surface area contributed by atoms with E-state index < -0.39 is 0 Å². The predicted octanol–water partition coefficient (Wildman–Crippen LogP) is -0.143. The van der Waals surface area contributed by atoms with Crippen LogP contribution in [0.5, 0.6) is 0 Å². The first-order valence-electron chi connectivity index (χ1n) is 3.79. The molecule has 0 aromatic carbocycles. The molecule has 0 atom stereocenters. The lowest BCUT2D eigenvalue weighted by molar-refractivity contribution is 0.116. The Kier molecular flexibility index (Phi) is 8.50. The van der Waals surface area contributed by atoms with E-state index in [-0.39, 0.29) is 6.61 Å². The number of thiol groups is 1. The van der Waals surface area contributed by atoms with Gasteiger partial charge in [-0.1, -0.05) is 0 Å². The predicted molar refractivity (Wildman–Crippen MR) is 49.3 cm³/mol. The highest BCUT2D eigenvalue weighted by Crippen LogP contribution is 1.83. The summed E-state index contributed by atoms with van der Waals surface area (Å²) in [7, 11) is 1.96. The van der Waals surface area contributed by atoms with Crippen molar-refractivity contribution in [2.24, 2.45) is 0 Å². The molecule has 4 heteroatoms. The minimum atomic E-state index is 0.211. The first kappa shape index (κ1) is 11.2. The van der Waals surface area contributed by atoms with Gasteiger partial charge in [0, 0.05) is 18.8 Å². The van der Waals surface area contributed by atoms with E-state index in [1.54, 1.807) is 0 Å². The molecule has 11 heavy (non-hydrogen) atoms. The zero-order valence-electron chi connectivity index (χ0n) is 6.99. The molecule has 0 amide bonds. The molecule has 0 aliphatic rings. The van der Waals surface area contributed by atoms with E-state index in [9.17, 15) is 0 Å². The van der Waals surface area contributed by atoms with E-state index >= 15 is 0 Å². The molecule has 0 spiro atoms. The first-order valence-corrected chi connectivity index (χ1v) is 4.42. The van der Waals surface area contributed by atoms with E-state index in [1.165, 1.54) is 0 Å². The van der Waals surface area contributed by atoms with Gasteiger partial charge in [0.05, 0.1) is 19.8 Å². The van der Waals surface area contributed by atoms with Gasteiger partial charge in [-0.3, -0.25) is 0 Å². The van der Waals surface area contributed by atoms with Crippen LogP contribution in [0.4, 0.5) is 0 Å². The second-order valence-corrected chi connectivity index (χ2v) is 2.81. The Morgan fingerprint density at radius 3 is 2.64 bits per heavy atom. The van der Waals surface area contributed by atoms with Gasteiger partial charge in [-0.25, -0.2) is 0 Å². The van der Waals surface area contributed by atoms with Crippen LogP contribution in [-0.2, 0) is 4.74 Å². The molecule has 0 aromatic heterocycles. The van der Waals surface area contributed by atoms with Gasteiger partial charge in [0.25, 0.3) is 0 Å². The zero-order chi connectivity index (χ0) is 8.53. The standard InChI is InChI=1S/C7H17NO2S/c1-8(2-4-9)3-5-10-6-7-11/h9,11H,2-7H2,1H3. The Labute approximate surface area is 73.8 Å². The molecule has 0 saturated carbocycles. The summed E-state index contributed by atoms with van der Waals surface area (Å²) in [6.45, 7) is 3.22. The molecule has 68 valence electrons. The third-order valence-electron chi connectivity index (χ3n) is 1.33. The van der Waals surface area contributed by atoms with Gasteiger partial charge in [0.1, 0.15) is 0 Å². The van der Waals surface area contributed by atoms with Gasteiger partial charge >= 0.3 is 0 Å². The minimum Gasteiger partial charge on any atom is -0.395 e. The summed E-state index contributed by atoms with van der Waals surface area (Å²) >= 11 is 4.01. The van der Waals surface area contributed by atoms with Crippen molar-refractivity contribution < 1.29 is 9.84 Å². The molecule has 0 aliphatic carbocycles. The lowest BCUT2D eigenvalue weighted by Crippen LogP contribution is -2.26. The summed E-state index contributed by atoms with van der Waals surface area (Å²) in [6.07, 6.45) is 0. The molecular weight excluding hydrogens is 162 g/mol. The SMILES string of the molecule is CN(CCO)CCOCCS. The maximum Gasteiger partial charge on any atom is 0.0593 e. The zero-order valence-corrected chi connectivity index (χ0v) is 7.89. The smallest absolute Gasteiger partial charge is 0.0593 e. The highest BCUT2D eigenvalue weighted by Gasteiger charge is 1.95. The number of rotatable bonds is 7. The second kappa shape index (κ2) is 8.33. The van der Waals surface area contributed by atoms with Gasteiger partial charge in [0.15, 0.2) is 0 Å². The maximum atomic E-state index is 8.54. The minimum absolute atomic E-state index is 0.211. The monoisotopic (exact) mass is 179 g/mol. The van der Waals surface area contributed by atoms with Crippen LogP contribution in [0.15, 0.2) is 0 Å². The topological polar surface area (TPSA) is 32.7 Å². The van der Waals surface area contributed by atoms with Crippen LogP contribution >= 0.6 is 12.6 Å². The fourth-order valence-electron chi connectivity index (χ4n) is 0.670. The number of hydrogen-bond donors (Lipinski definition) is 2. The van der Waals surface area contributed by atoms with Crippen LogP contribution in [0.3, 0.4) is 0 Å². The fourth-order valence-corrected chi connectivity index (χ4v) is 0.799. The van der Waals surface area contributed by atoms with E-state index in [2.05, 4.69) is 12.6 Å². The molecule has 1 N–H and O–H groups in total. The van der Waals surface area contributed by atoms with Crippen molar-refractivity contribution in [2.45, 2.75) is 0 Å². The molecule has 0 radical (unpaired) electrons. The molecule has 0 aliphatic heterocycles. The van der Waals surface area contributed by atoms with Crippen molar-refractivity contribution in [3.63, 3.8) is 0 Å². The molecule has 0 unspecified atom stereocenters. The lowest BCUT2D eigenvalue weighted by Gasteiger charge is -2.14. The molecular formula is C7H17NO2S. The first-order chi connectivity index (χ1) is 5.31. The third kappa shape index (κ3) is 8.13. The Balaban J connectivity index is 2.97. The van der Waals surface area contributed by atoms with E-state index in [4.69, 9.17) is 9.84 Å². The molecule has 0 fully saturated rings. The maximum absolute atomic E-state index is 8.54. The van der Waals surface area contributed by atoms with Gasteiger partial charge in [0.2, 0.25) is 0 Å². The number of nitrogens with zero attached hydrogens (tertiary/aromatic N) is 1. The molecule has 0 saturated heterocycles. The van der Waals surface area contributed by atoms with Gasteiger partial charge < -0.3 is 14.7 Å². The number of likely N-dealkylation sites (N-methyl/N-ethyl adjacent to an activating group) is 1. The van der Waals surface area contributed by atoms with E-state index in [0.717, 1.165) is 18.9 Å². The van der Waals surface area contributed by atoms with Crippen LogP contribution in [0.25, 0.3) is 0 Å². The lowest BCUT2D eigenvalue weighted by atomic mass is 10.5. The normalized spacial score (nSPS) is 10.9. The number of aliphatic hydroxyl groups excluding tert-OH is 1. The van der Waals surface area contributed by atoms with Gasteiger partial charge in [-0.2, -0.15) is 12.6 Å². The van der Waals surface area contributed by atoms with Crippen molar-refractivity contribution in [2.75, 3.05) is 45.7 Å².